The van der Waals surface area contributed by atoms with Crippen LogP contribution in [-0.4, -0.2) is 0 Å². The molecule has 1 saturated carbocycles. The minimum Gasteiger partial charge on any atom is -0.247 e. The van der Waals surface area contributed by atoms with E-state index >= 15 is 0 Å². The molecule has 20 heavy (non-hydrogen) atoms. The van der Waals surface area contributed by atoms with Gasteiger partial charge in [0, 0.05) is 11.1 Å². The van der Waals surface area contributed by atoms with Crippen LogP contribution in [0.3, 0.4) is 0 Å². The van der Waals surface area contributed by atoms with Gasteiger partial charge in [0.15, 0.2) is 0 Å². The van der Waals surface area contributed by atoms with Crippen LogP contribution in [0.25, 0.3) is 11.1 Å². The molecule has 1 heteroatoms. The summed E-state index contributed by atoms with van der Waals surface area (Å²) in [6.07, 6.45) is 6.83. The van der Waals surface area contributed by atoms with E-state index in [1.807, 2.05) is 0 Å². The maximum absolute atomic E-state index is 4.95. The average molecular weight is 262 g/mol. The van der Waals surface area contributed by atoms with E-state index in [-0.39, 0.29) is 0 Å². The number of aryl methyl sites for hydroxylation is 1. The highest BCUT2D eigenvalue weighted by Crippen LogP contribution is 2.49. The van der Waals surface area contributed by atoms with Gasteiger partial charge in [0.05, 0.1) is 11.4 Å². The summed E-state index contributed by atoms with van der Waals surface area (Å²) >= 11 is 0. The van der Waals surface area contributed by atoms with Crippen LogP contribution >= 0.6 is 0 Å². The fraction of sp³-hybridized carbons (Fsp3) is 0.368. The number of fused-ring (bicyclic) bond motifs is 3. The lowest BCUT2D eigenvalue weighted by Crippen LogP contribution is -2.08. The van der Waals surface area contributed by atoms with Gasteiger partial charge in [-0.15, -0.1) is 0 Å². The number of para-hydroxylation sites is 1. The summed E-state index contributed by atoms with van der Waals surface area (Å²) in [5.74, 6) is 0.719. The predicted octanol–water partition coefficient (Wildman–Crippen LogP) is 5.59. The lowest BCUT2D eigenvalue weighted by Gasteiger charge is -2.25. The van der Waals surface area contributed by atoms with Crippen molar-refractivity contribution in [3.8, 4) is 11.1 Å². The number of benzene rings is 2. The zero-order valence-corrected chi connectivity index (χ0v) is 12.0. The molecular weight excluding hydrogens is 242 g/mol. The van der Waals surface area contributed by atoms with Crippen LogP contribution in [-0.2, 0) is 0 Å². The molecule has 0 spiro atoms. The molecule has 1 nitrogen and oxygen atoms in total. The Morgan fingerprint density at radius 2 is 1.70 bits per heavy atom. The van der Waals surface area contributed by atoms with Gasteiger partial charge >= 0.3 is 0 Å². The van der Waals surface area contributed by atoms with E-state index in [4.69, 9.17) is 5.32 Å². The molecule has 2 aliphatic rings. The van der Waals surface area contributed by atoms with Crippen molar-refractivity contribution in [2.75, 3.05) is 0 Å². The second kappa shape index (κ2) is 4.66. The number of hydrogen-bond donors (Lipinski definition) is 0. The van der Waals surface area contributed by atoms with Crippen LogP contribution in [0, 0.1) is 6.92 Å². The Labute approximate surface area is 121 Å². The Kier molecular flexibility index (Phi) is 2.80. The minimum absolute atomic E-state index is 0.719. The molecule has 1 radical (unpaired) electrons. The monoisotopic (exact) mass is 262 g/mol. The number of rotatable bonds is 1. The molecule has 2 aromatic carbocycles. The molecule has 2 aromatic rings. The molecule has 0 unspecified atom stereocenters. The van der Waals surface area contributed by atoms with Crippen molar-refractivity contribution >= 4 is 11.4 Å². The zero-order valence-electron chi connectivity index (χ0n) is 12.0. The fourth-order valence-electron chi connectivity index (χ4n) is 3.87. The highest BCUT2D eigenvalue weighted by atomic mass is 14.9. The largest absolute Gasteiger partial charge is 0.247 e. The Bertz CT molecular complexity index is 651. The molecule has 1 heterocycles. The van der Waals surface area contributed by atoms with Crippen LogP contribution in [0.2, 0.25) is 0 Å². The third-order valence-corrected chi connectivity index (χ3v) is 4.87. The summed E-state index contributed by atoms with van der Waals surface area (Å²) in [4.78, 5) is 0. The predicted molar refractivity (Wildman–Crippen MR) is 83.9 cm³/mol. The second-order valence-electron chi connectivity index (χ2n) is 6.16. The first kappa shape index (κ1) is 12.0. The van der Waals surface area contributed by atoms with E-state index < -0.39 is 0 Å². The van der Waals surface area contributed by atoms with E-state index in [9.17, 15) is 0 Å². The molecule has 0 bridgehead atoms. The van der Waals surface area contributed by atoms with Gasteiger partial charge in [-0.05, 0) is 42.9 Å². The Hall–Kier alpha value is -1.76. The van der Waals surface area contributed by atoms with Crippen molar-refractivity contribution in [2.45, 2.75) is 44.9 Å². The van der Waals surface area contributed by atoms with E-state index in [1.165, 1.54) is 60.0 Å². The van der Waals surface area contributed by atoms with Crippen LogP contribution in [0.15, 0.2) is 36.4 Å². The Morgan fingerprint density at radius 3 is 2.55 bits per heavy atom. The van der Waals surface area contributed by atoms with Gasteiger partial charge < -0.3 is 0 Å². The first-order valence-corrected chi connectivity index (χ1v) is 7.79. The standard InChI is InChI=1S/C19H20N/c1-13-11-12-16-15-9-5-6-10-17(15)20-19(16)18(13)14-7-3-2-4-8-14/h5-6,9-12,14H,2-4,7-8H2,1H3. The summed E-state index contributed by atoms with van der Waals surface area (Å²) in [7, 11) is 0. The molecule has 0 atom stereocenters. The molecule has 0 saturated heterocycles. The molecule has 1 fully saturated rings. The molecule has 4 rings (SSSR count). The number of nitrogens with zero attached hydrogens (tertiary/aromatic N) is 1. The average Bonchev–Trinajstić information content (AvgIpc) is 2.86. The molecule has 0 amide bonds. The Morgan fingerprint density at radius 1 is 0.900 bits per heavy atom. The van der Waals surface area contributed by atoms with Gasteiger partial charge in [0.2, 0.25) is 0 Å². The zero-order chi connectivity index (χ0) is 13.5. The molecule has 1 aliphatic carbocycles. The van der Waals surface area contributed by atoms with Gasteiger partial charge in [-0.1, -0.05) is 49.6 Å². The highest BCUT2D eigenvalue weighted by molar-refractivity contribution is 5.92. The number of hydrogen-bond acceptors (Lipinski definition) is 0. The van der Waals surface area contributed by atoms with Gasteiger partial charge in [-0.25, -0.2) is 5.32 Å². The van der Waals surface area contributed by atoms with E-state index in [2.05, 4.69) is 43.3 Å². The first-order valence-electron chi connectivity index (χ1n) is 7.79. The molecule has 101 valence electrons. The van der Waals surface area contributed by atoms with E-state index in [0.717, 1.165) is 11.6 Å². The quantitative estimate of drug-likeness (QED) is 0.542. The van der Waals surface area contributed by atoms with Crippen LogP contribution in [0.1, 0.15) is 49.1 Å². The van der Waals surface area contributed by atoms with Crippen LogP contribution in [0.5, 0.6) is 0 Å². The van der Waals surface area contributed by atoms with E-state index in [1.54, 1.807) is 0 Å². The summed E-state index contributed by atoms with van der Waals surface area (Å²) in [6, 6.07) is 13.1. The fourth-order valence-corrected chi connectivity index (χ4v) is 3.87. The molecule has 0 N–H and O–H groups in total. The third-order valence-electron chi connectivity index (χ3n) is 4.87. The molecule has 0 aromatic heterocycles. The normalized spacial score (nSPS) is 17.4. The van der Waals surface area contributed by atoms with Gasteiger partial charge in [-0.2, -0.15) is 0 Å². The maximum atomic E-state index is 4.95. The maximum Gasteiger partial charge on any atom is 0.0753 e. The lowest BCUT2D eigenvalue weighted by atomic mass is 9.80. The van der Waals surface area contributed by atoms with Crippen molar-refractivity contribution in [3.05, 3.63) is 47.5 Å². The second-order valence-corrected chi connectivity index (χ2v) is 6.16. The van der Waals surface area contributed by atoms with Gasteiger partial charge in [0.1, 0.15) is 0 Å². The SMILES string of the molecule is Cc1ccc2c(c1C1CCCCC1)[N]c1ccccc1-2. The van der Waals surface area contributed by atoms with Crippen LogP contribution in [0.4, 0.5) is 11.4 Å². The molecular formula is C19H20N. The molecule has 1 aliphatic heterocycles. The smallest absolute Gasteiger partial charge is 0.0753 e. The lowest BCUT2D eigenvalue weighted by molar-refractivity contribution is 0.442. The van der Waals surface area contributed by atoms with Crippen LogP contribution < -0.4 is 5.32 Å². The summed E-state index contributed by atoms with van der Waals surface area (Å²) in [5, 5.41) is 4.95. The first-order chi connectivity index (χ1) is 9.84. The van der Waals surface area contributed by atoms with Crippen molar-refractivity contribution in [2.24, 2.45) is 0 Å². The van der Waals surface area contributed by atoms with Crippen molar-refractivity contribution in [1.29, 1.82) is 0 Å². The Balaban J connectivity index is 1.85. The van der Waals surface area contributed by atoms with Crippen molar-refractivity contribution < 1.29 is 0 Å². The topological polar surface area (TPSA) is 14.1 Å². The van der Waals surface area contributed by atoms with Gasteiger partial charge in [-0.3, -0.25) is 0 Å². The van der Waals surface area contributed by atoms with Crippen molar-refractivity contribution in [1.82, 2.24) is 5.32 Å². The summed E-state index contributed by atoms with van der Waals surface area (Å²) in [5.41, 5.74) is 8.00. The van der Waals surface area contributed by atoms with Gasteiger partial charge in [0.25, 0.3) is 0 Å². The van der Waals surface area contributed by atoms with E-state index in [0.29, 0.717) is 0 Å². The summed E-state index contributed by atoms with van der Waals surface area (Å²) in [6.45, 7) is 2.25. The minimum atomic E-state index is 0.719. The highest BCUT2D eigenvalue weighted by Gasteiger charge is 2.27. The summed E-state index contributed by atoms with van der Waals surface area (Å²) < 4.78 is 0. The third kappa shape index (κ3) is 1.76. The van der Waals surface area contributed by atoms with Crippen molar-refractivity contribution in [3.63, 3.8) is 0 Å².